The summed E-state index contributed by atoms with van der Waals surface area (Å²) in [6.07, 6.45) is 0. The molecule has 98 valence electrons. The summed E-state index contributed by atoms with van der Waals surface area (Å²) < 4.78 is 3.68. The molecule has 0 spiro atoms. The van der Waals surface area contributed by atoms with Crippen molar-refractivity contribution >= 4 is 23.3 Å². The van der Waals surface area contributed by atoms with Gasteiger partial charge < -0.3 is 15.1 Å². The molecule has 2 heterocycles. The third-order valence-electron chi connectivity index (χ3n) is 2.81. The lowest BCUT2D eigenvalue weighted by Gasteiger charge is -2.35. The molecule has 1 N–H and O–H groups in total. The smallest absolute Gasteiger partial charge is 0.276 e. The first kappa shape index (κ1) is 12.9. The molecule has 0 radical (unpaired) electrons. The molecule has 1 aromatic rings. The van der Waals surface area contributed by atoms with Crippen LogP contribution in [0.2, 0.25) is 0 Å². The Labute approximate surface area is 109 Å². The molecule has 0 aliphatic carbocycles. The van der Waals surface area contributed by atoms with Crippen molar-refractivity contribution in [2.45, 2.75) is 6.04 Å². The molecule has 7 nitrogen and oxygen atoms in total. The van der Waals surface area contributed by atoms with E-state index in [-0.39, 0.29) is 11.8 Å². The molecule has 1 saturated heterocycles. The van der Waals surface area contributed by atoms with Crippen molar-refractivity contribution in [2.24, 2.45) is 0 Å². The summed E-state index contributed by atoms with van der Waals surface area (Å²) in [6, 6.07) is -0.469. The third kappa shape index (κ3) is 2.49. The van der Waals surface area contributed by atoms with Gasteiger partial charge in [-0.15, -0.1) is 5.10 Å². The van der Waals surface area contributed by atoms with Crippen LogP contribution in [0.4, 0.5) is 0 Å². The molecule has 0 bridgehead atoms. The molecule has 1 aliphatic rings. The first-order valence-corrected chi connectivity index (χ1v) is 6.45. The number of hydrogen-bond donors (Lipinski definition) is 1. The van der Waals surface area contributed by atoms with Gasteiger partial charge in [-0.2, -0.15) is 0 Å². The van der Waals surface area contributed by atoms with E-state index in [0.29, 0.717) is 25.3 Å². The van der Waals surface area contributed by atoms with Crippen LogP contribution in [0.15, 0.2) is 5.38 Å². The quantitative estimate of drug-likeness (QED) is 0.748. The summed E-state index contributed by atoms with van der Waals surface area (Å²) in [6.45, 7) is 1.65. The molecular weight excluding hydrogens is 254 g/mol. The predicted molar refractivity (Wildman–Crippen MR) is 66.3 cm³/mol. The second kappa shape index (κ2) is 5.40. The zero-order valence-electron chi connectivity index (χ0n) is 10.3. The van der Waals surface area contributed by atoms with Crippen LogP contribution in [-0.2, 0) is 4.79 Å². The average Bonchev–Trinajstić information content (AvgIpc) is 2.90. The van der Waals surface area contributed by atoms with Crippen LogP contribution < -0.4 is 5.32 Å². The number of hydrogen-bond acceptors (Lipinski definition) is 6. The van der Waals surface area contributed by atoms with Gasteiger partial charge in [0.15, 0.2) is 5.69 Å². The van der Waals surface area contributed by atoms with Gasteiger partial charge in [-0.3, -0.25) is 9.59 Å². The molecule has 0 aromatic carbocycles. The lowest BCUT2D eigenvalue weighted by molar-refractivity contribution is -0.134. The number of amides is 2. The molecule has 1 atom stereocenters. The highest BCUT2D eigenvalue weighted by Gasteiger charge is 2.34. The van der Waals surface area contributed by atoms with Crippen molar-refractivity contribution in [3.63, 3.8) is 0 Å². The van der Waals surface area contributed by atoms with E-state index in [1.807, 2.05) is 0 Å². The van der Waals surface area contributed by atoms with Crippen LogP contribution in [0.25, 0.3) is 0 Å². The molecule has 0 saturated carbocycles. The van der Waals surface area contributed by atoms with E-state index in [1.54, 1.807) is 24.4 Å². The molecule has 18 heavy (non-hydrogen) atoms. The normalized spacial score (nSPS) is 19.7. The Balaban J connectivity index is 2.18. The van der Waals surface area contributed by atoms with Crippen LogP contribution in [0.3, 0.4) is 0 Å². The fraction of sp³-hybridized carbons (Fsp3) is 0.600. The van der Waals surface area contributed by atoms with Crippen molar-refractivity contribution in [3.05, 3.63) is 11.1 Å². The molecule has 1 aliphatic heterocycles. The Hall–Kier alpha value is -1.54. The third-order valence-corrected chi connectivity index (χ3v) is 3.31. The monoisotopic (exact) mass is 269 g/mol. The summed E-state index contributed by atoms with van der Waals surface area (Å²) in [7, 11) is 3.37. The summed E-state index contributed by atoms with van der Waals surface area (Å²) in [5.41, 5.74) is 0.304. The van der Waals surface area contributed by atoms with Gasteiger partial charge in [0.2, 0.25) is 5.91 Å². The lowest BCUT2D eigenvalue weighted by atomic mass is 10.1. The Morgan fingerprint density at radius 2 is 2.33 bits per heavy atom. The molecule has 2 rings (SSSR count). The van der Waals surface area contributed by atoms with Crippen LogP contribution in [-0.4, -0.2) is 71.0 Å². The van der Waals surface area contributed by atoms with Gasteiger partial charge in [0.05, 0.1) is 0 Å². The zero-order valence-corrected chi connectivity index (χ0v) is 11.1. The second-order valence-corrected chi connectivity index (χ2v) is 4.85. The molecule has 2 amide bonds. The Bertz CT molecular complexity index is 433. The zero-order chi connectivity index (χ0) is 13.1. The van der Waals surface area contributed by atoms with E-state index in [0.717, 1.165) is 11.5 Å². The molecule has 1 unspecified atom stereocenters. The minimum atomic E-state index is -0.469. The first-order valence-electron chi connectivity index (χ1n) is 5.61. The number of nitrogens with one attached hydrogen (secondary N) is 1. The highest BCUT2D eigenvalue weighted by atomic mass is 32.1. The van der Waals surface area contributed by atoms with Crippen molar-refractivity contribution in [2.75, 3.05) is 33.7 Å². The number of piperazine rings is 1. The van der Waals surface area contributed by atoms with Gasteiger partial charge in [0, 0.05) is 39.1 Å². The number of carbonyl (C=O) groups excluding carboxylic acids is 2. The molecule has 1 fully saturated rings. The molecular formula is C10H15N5O2S. The SMILES string of the molecule is CN(C)C(=O)C1CNCCN1C(=O)c1csnn1. The van der Waals surface area contributed by atoms with E-state index < -0.39 is 6.04 Å². The maximum absolute atomic E-state index is 12.2. The number of likely N-dealkylation sites (N-methyl/N-ethyl adjacent to an activating group) is 1. The number of rotatable bonds is 2. The van der Waals surface area contributed by atoms with Gasteiger partial charge in [-0.05, 0) is 11.5 Å². The maximum atomic E-state index is 12.2. The number of carbonyl (C=O) groups is 2. The van der Waals surface area contributed by atoms with Crippen molar-refractivity contribution in [3.8, 4) is 0 Å². The Kier molecular flexibility index (Phi) is 3.87. The largest absolute Gasteiger partial charge is 0.347 e. The van der Waals surface area contributed by atoms with Crippen LogP contribution in [0.1, 0.15) is 10.5 Å². The number of aromatic nitrogens is 2. The topological polar surface area (TPSA) is 78.4 Å². The van der Waals surface area contributed by atoms with Gasteiger partial charge in [-0.1, -0.05) is 4.49 Å². The van der Waals surface area contributed by atoms with E-state index >= 15 is 0 Å². The van der Waals surface area contributed by atoms with Crippen molar-refractivity contribution in [1.82, 2.24) is 24.7 Å². The number of nitrogens with zero attached hydrogens (tertiary/aromatic N) is 4. The maximum Gasteiger partial charge on any atom is 0.276 e. The van der Waals surface area contributed by atoms with Crippen molar-refractivity contribution in [1.29, 1.82) is 0 Å². The summed E-state index contributed by atoms with van der Waals surface area (Å²) in [5.74, 6) is -0.316. The van der Waals surface area contributed by atoms with Crippen molar-refractivity contribution < 1.29 is 9.59 Å². The molecule has 1 aromatic heterocycles. The lowest BCUT2D eigenvalue weighted by Crippen LogP contribution is -2.59. The summed E-state index contributed by atoms with van der Waals surface area (Å²) in [4.78, 5) is 27.3. The average molecular weight is 269 g/mol. The first-order chi connectivity index (χ1) is 8.61. The minimum absolute atomic E-state index is 0.0845. The Morgan fingerprint density at radius 3 is 2.94 bits per heavy atom. The molecule has 8 heteroatoms. The predicted octanol–water partition coefficient (Wildman–Crippen LogP) is -0.960. The standard InChI is InChI=1S/C10H15N5O2S/c1-14(2)10(17)8-5-11-3-4-15(8)9(16)7-6-18-13-12-7/h6,8,11H,3-5H2,1-2H3. The fourth-order valence-electron chi connectivity index (χ4n) is 1.87. The highest BCUT2D eigenvalue weighted by Crippen LogP contribution is 2.11. The van der Waals surface area contributed by atoms with Crippen LogP contribution in [0.5, 0.6) is 0 Å². The van der Waals surface area contributed by atoms with Crippen LogP contribution >= 0.6 is 11.5 Å². The van der Waals surface area contributed by atoms with Crippen LogP contribution in [0, 0.1) is 0 Å². The highest BCUT2D eigenvalue weighted by molar-refractivity contribution is 7.03. The minimum Gasteiger partial charge on any atom is -0.347 e. The summed E-state index contributed by atoms with van der Waals surface area (Å²) >= 11 is 1.13. The summed E-state index contributed by atoms with van der Waals surface area (Å²) in [5, 5.41) is 8.49. The van der Waals surface area contributed by atoms with Gasteiger partial charge in [-0.25, -0.2) is 0 Å². The van der Waals surface area contributed by atoms with Gasteiger partial charge in [0.1, 0.15) is 6.04 Å². The second-order valence-electron chi connectivity index (χ2n) is 4.24. The fourth-order valence-corrected chi connectivity index (χ4v) is 2.30. The van der Waals surface area contributed by atoms with E-state index in [2.05, 4.69) is 14.9 Å². The van der Waals surface area contributed by atoms with E-state index in [4.69, 9.17) is 0 Å². The van der Waals surface area contributed by atoms with Gasteiger partial charge in [0.25, 0.3) is 5.91 Å². The Morgan fingerprint density at radius 1 is 1.56 bits per heavy atom. The van der Waals surface area contributed by atoms with E-state index in [9.17, 15) is 9.59 Å². The van der Waals surface area contributed by atoms with E-state index in [1.165, 1.54) is 4.90 Å². The van der Waals surface area contributed by atoms with Gasteiger partial charge >= 0.3 is 0 Å².